The van der Waals surface area contributed by atoms with Crippen LogP contribution < -0.4 is 0 Å². The molecule has 2 aliphatic heterocycles. The number of hydrogen-bond acceptors (Lipinski definition) is 6. The van der Waals surface area contributed by atoms with Gasteiger partial charge in [0, 0.05) is 21.5 Å². The van der Waals surface area contributed by atoms with Crippen molar-refractivity contribution in [3.8, 4) is 0 Å². The van der Waals surface area contributed by atoms with E-state index >= 15 is 0 Å². The Morgan fingerprint density at radius 3 is 0.882 bits per heavy atom. The van der Waals surface area contributed by atoms with E-state index < -0.39 is 47.5 Å². The lowest BCUT2D eigenvalue weighted by Crippen LogP contribution is -2.71. The fourth-order valence-corrected chi connectivity index (χ4v) is 12.0. The molecule has 7 rings (SSSR count). The molecule has 7 aliphatic rings. The molecule has 6 nitrogen and oxygen atoms in total. The van der Waals surface area contributed by atoms with Crippen LogP contribution in [0.3, 0.4) is 0 Å². The number of alkyl halides is 4. The molecule has 10 heteroatoms. The molecule has 184 valence electrons. The van der Waals surface area contributed by atoms with E-state index in [4.69, 9.17) is 55.9 Å². The number of ether oxygens (including phenoxy) is 2. The smallest absolute Gasteiger partial charge is 0.316 e. The minimum atomic E-state index is -0.484. The van der Waals surface area contributed by atoms with Crippen molar-refractivity contribution in [2.75, 3.05) is 0 Å². The third-order valence-corrected chi connectivity index (χ3v) is 12.5. The molecule has 5 saturated carbocycles. The van der Waals surface area contributed by atoms with Crippen molar-refractivity contribution in [1.29, 1.82) is 0 Å². The summed E-state index contributed by atoms with van der Waals surface area (Å²) in [6, 6.07) is 0. The van der Waals surface area contributed by atoms with E-state index in [9.17, 15) is 19.2 Å². The van der Waals surface area contributed by atoms with Gasteiger partial charge in [-0.3, -0.25) is 19.2 Å². The molecule has 0 radical (unpaired) electrons. The Morgan fingerprint density at radius 1 is 0.412 bits per heavy atom. The summed E-state index contributed by atoms with van der Waals surface area (Å²) in [5.41, 5.74) is 0. The van der Waals surface area contributed by atoms with E-state index in [1.807, 2.05) is 0 Å². The molecular weight excluding hydrogens is 526 g/mol. The zero-order valence-electron chi connectivity index (χ0n) is 18.0. The van der Waals surface area contributed by atoms with Crippen LogP contribution >= 0.6 is 46.4 Å². The summed E-state index contributed by atoms with van der Waals surface area (Å²) in [4.78, 5) is 51.1. The standard InChI is InChI=1S/C24H24Cl4O6/c25-9-1-5-13-6(22(30)33-21(5)29)2-11(27)17-18-12(28)4-8-14-7(23(31)34-24(8)32)3-10(26)16(20(14)18)15(9)19(13)17/h5-20H,1-4H2. The molecule has 2 saturated heterocycles. The van der Waals surface area contributed by atoms with E-state index in [2.05, 4.69) is 0 Å². The van der Waals surface area contributed by atoms with Crippen LogP contribution in [0.2, 0.25) is 0 Å². The number of cyclic esters (lactones) is 4. The van der Waals surface area contributed by atoms with Gasteiger partial charge in [-0.05, 0) is 73.0 Å². The lowest BCUT2D eigenvalue weighted by molar-refractivity contribution is -0.219. The number of carbonyl (C=O) groups is 4. The number of fused-ring (bicyclic) bond motifs is 2. The van der Waals surface area contributed by atoms with Crippen LogP contribution in [0, 0.1) is 71.0 Å². The highest BCUT2D eigenvalue weighted by Gasteiger charge is 2.72. The van der Waals surface area contributed by atoms with Crippen molar-refractivity contribution in [3.63, 3.8) is 0 Å². The lowest BCUT2D eigenvalue weighted by Gasteiger charge is -2.69. The molecule has 0 aromatic carbocycles. The van der Waals surface area contributed by atoms with Crippen molar-refractivity contribution in [3.05, 3.63) is 0 Å². The van der Waals surface area contributed by atoms with Gasteiger partial charge in [0.2, 0.25) is 0 Å². The molecule has 0 spiro atoms. The number of carbonyl (C=O) groups excluding carboxylic acids is 4. The quantitative estimate of drug-likeness (QED) is 0.261. The normalized spacial score (nSPS) is 59.4. The van der Waals surface area contributed by atoms with Crippen LogP contribution in [-0.2, 0) is 28.7 Å². The fraction of sp³-hybridized carbons (Fsp3) is 0.833. The Balaban J connectivity index is 1.40. The monoisotopic (exact) mass is 548 g/mol. The van der Waals surface area contributed by atoms with Crippen LogP contribution in [0.5, 0.6) is 0 Å². The maximum Gasteiger partial charge on any atom is 0.316 e. The van der Waals surface area contributed by atoms with E-state index in [-0.39, 0.29) is 68.9 Å². The van der Waals surface area contributed by atoms with Gasteiger partial charge in [-0.25, -0.2) is 0 Å². The number of hydrogen-bond donors (Lipinski definition) is 0. The summed E-state index contributed by atoms with van der Waals surface area (Å²) in [5.74, 6) is -4.49. The molecule has 0 aromatic rings. The minimum absolute atomic E-state index is 0.0731. The molecule has 34 heavy (non-hydrogen) atoms. The summed E-state index contributed by atoms with van der Waals surface area (Å²) in [5, 5.41) is -1.38. The highest BCUT2D eigenvalue weighted by molar-refractivity contribution is 6.23. The Labute approximate surface area is 216 Å². The highest BCUT2D eigenvalue weighted by atomic mass is 35.5. The minimum Gasteiger partial charge on any atom is -0.393 e. The molecular formula is C24H24Cl4O6. The van der Waals surface area contributed by atoms with Gasteiger partial charge in [0.1, 0.15) is 0 Å². The van der Waals surface area contributed by atoms with Crippen LogP contribution in [-0.4, -0.2) is 45.4 Å². The first kappa shape index (κ1) is 22.6. The maximum atomic E-state index is 12.8. The largest absolute Gasteiger partial charge is 0.393 e. The third-order valence-electron chi connectivity index (χ3n) is 10.6. The van der Waals surface area contributed by atoms with Gasteiger partial charge in [0.15, 0.2) is 0 Å². The Morgan fingerprint density at radius 2 is 0.647 bits per heavy atom. The predicted octanol–water partition coefficient (Wildman–Crippen LogP) is 3.61. The Hall–Kier alpha value is -0.560. The summed E-state index contributed by atoms with van der Waals surface area (Å²) >= 11 is 28.3. The van der Waals surface area contributed by atoms with Crippen molar-refractivity contribution >= 4 is 70.3 Å². The summed E-state index contributed by atoms with van der Waals surface area (Å²) in [6.07, 6.45) is 1.71. The fourth-order valence-electron chi connectivity index (χ4n) is 9.87. The second-order valence-corrected chi connectivity index (χ2v) is 13.8. The van der Waals surface area contributed by atoms with Crippen LogP contribution in [0.25, 0.3) is 0 Å². The first-order chi connectivity index (χ1) is 16.2. The van der Waals surface area contributed by atoms with Gasteiger partial charge in [-0.15, -0.1) is 46.4 Å². The molecule has 0 aromatic heterocycles. The highest BCUT2D eigenvalue weighted by Crippen LogP contribution is 2.70. The summed E-state index contributed by atoms with van der Waals surface area (Å²) in [6.45, 7) is 0. The van der Waals surface area contributed by atoms with Gasteiger partial charge in [-0.2, -0.15) is 0 Å². The molecule has 12 unspecified atom stereocenters. The van der Waals surface area contributed by atoms with E-state index in [1.165, 1.54) is 0 Å². The van der Waals surface area contributed by atoms with Gasteiger partial charge >= 0.3 is 23.9 Å². The Bertz CT molecular complexity index is 854. The topological polar surface area (TPSA) is 86.7 Å². The summed E-state index contributed by atoms with van der Waals surface area (Å²) in [7, 11) is 0. The zero-order chi connectivity index (χ0) is 23.8. The molecule has 5 aliphatic carbocycles. The SMILES string of the molecule is O=C1OC(=O)C2CC(Cl)C3C4C(Cl)CC5C(=O)OC(=O)C6CC(Cl)C(C7C(Cl)CC1C2C73)C4C65. The van der Waals surface area contributed by atoms with E-state index in [1.54, 1.807) is 0 Å². The number of esters is 4. The average Bonchev–Trinajstić information content (AvgIpc) is 2.77. The third kappa shape index (κ3) is 2.72. The van der Waals surface area contributed by atoms with Crippen molar-refractivity contribution in [2.45, 2.75) is 47.2 Å². The van der Waals surface area contributed by atoms with Crippen LogP contribution in [0.15, 0.2) is 0 Å². The van der Waals surface area contributed by atoms with E-state index in [0.717, 1.165) is 0 Å². The zero-order valence-corrected chi connectivity index (χ0v) is 21.1. The maximum absolute atomic E-state index is 12.8. The van der Waals surface area contributed by atoms with Crippen molar-refractivity contribution in [2.24, 2.45) is 71.0 Å². The first-order valence-corrected chi connectivity index (χ1v) is 14.0. The summed E-state index contributed by atoms with van der Waals surface area (Å²) < 4.78 is 10.3. The number of rotatable bonds is 0. The molecule has 0 amide bonds. The van der Waals surface area contributed by atoms with Gasteiger partial charge in [-0.1, -0.05) is 0 Å². The molecule has 0 N–H and O–H groups in total. The van der Waals surface area contributed by atoms with Crippen molar-refractivity contribution in [1.82, 2.24) is 0 Å². The Kier molecular flexibility index (Phi) is 4.98. The second kappa shape index (κ2) is 7.49. The number of halogens is 4. The van der Waals surface area contributed by atoms with Gasteiger partial charge < -0.3 is 9.47 Å². The molecule has 2 heterocycles. The van der Waals surface area contributed by atoms with Crippen LogP contribution in [0.4, 0.5) is 0 Å². The average molecular weight is 550 g/mol. The van der Waals surface area contributed by atoms with Crippen molar-refractivity contribution < 1.29 is 28.7 Å². The van der Waals surface area contributed by atoms with Crippen LogP contribution in [0.1, 0.15) is 25.7 Å². The van der Waals surface area contributed by atoms with Gasteiger partial charge in [0.25, 0.3) is 0 Å². The van der Waals surface area contributed by atoms with Gasteiger partial charge in [0.05, 0.1) is 23.7 Å². The predicted molar refractivity (Wildman–Crippen MR) is 121 cm³/mol. The van der Waals surface area contributed by atoms with E-state index in [0.29, 0.717) is 25.7 Å². The lowest BCUT2D eigenvalue weighted by atomic mass is 9.38. The second-order valence-electron chi connectivity index (χ2n) is 11.5. The molecule has 0 bridgehead atoms. The molecule has 12 atom stereocenters. The first-order valence-electron chi connectivity index (χ1n) is 12.3. The molecule has 7 fully saturated rings.